The van der Waals surface area contributed by atoms with Gasteiger partial charge in [-0.1, -0.05) is 0 Å². The molecule has 1 aliphatic heterocycles. The lowest BCUT2D eigenvalue weighted by atomic mass is 10.1. The van der Waals surface area contributed by atoms with Gasteiger partial charge in [-0.15, -0.1) is 0 Å². The predicted molar refractivity (Wildman–Crippen MR) is 112 cm³/mol. The number of nitrogens with zero attached hydrogens (tertiary/aromatic N) is 1. The number of hydrogen-bond donors (Lipinski definition) is 2. The molecule has 0 saturated carbocycles. The largest absolute Gasteiger partial charge is 0.490 e. The van der Waals surface area contributed by atoms with Gasteiger partial charge in [0.25, 0.3) is 17.5 Å². The van der Waals surface area contributed by atoms with Crippen LogP contribution in [0, 0.1) is 10.1 Å². The number of non-ortho nitro benzene ring substituents is 1. The highest BCUT2D eigenvalue weighted by molar-refractivity contribution is 9.10. The molecule has 2 N–H and O–H groups in total. The first-order valence-electron chi connectivity index (χ1n) is 8.99. The number of rotatable bonds is 7. The van der Waals surface area contributed by atoms with Crippen LogP contribution >= 0.6 is 15.9 Å². The highest BCUT2D eigenvalue weighted by atomic mass is 79.9. The lowest BCUT2D eigenvalue weighted by Crippen LogP contribution is -2.51. The zero-order valence-electron chi connectivity index (χ0n) is 16.1. The quantitative estimate of drug-likeness (QED) is 0.263. The van der Waals surface area contributed by atoms with Crippen molar-refractivity contribution in [3.63, 3.8) is 0 Å². The molecular weight excluding hydrogens is 474 g/mol. The van der Waals surface area contributed by atoms with Crippen LogP contribution in [0.3, 0.4) is 0 Å². The number of benzene rings is 2. The fourth-order valence-corrected chi connectivity index (χ4v) is 3.29. The molecule has 3 rings (SSSR count). The molecule has 11 heteroatoms. The number of barbiturate groups is 1. The molecule has 1 fully saturated rings. The Bertz CT molecular complexity index is 1070. The van der Waals surface area contributed by atoms with Crippen LogP contribution < -0.4 is 20.1 Å². The van der Waals surface area contributed by atoms with Crippen molar-refractivity contribution in [3.8, 4) is 11.5 Å². The fourth-order valence-electron chi connectivity index (χ4n) is 2.72. The first-order chi connectivity index (χ1) is 14.8. The molecule has 1 aliphatic rings. The molecule has 0 unspecified atom stereocenters. The second-order valence-electron chi connectivity index (χ2n) is 6.27. The van der Waals surface area contributed by atoms with Crippen LogP contribution in [0.25, 0.3) is 6.08 Å². The number of ether oxygens (including phenoxy) is 2. The lowest BCUT2D eigenvalue weighted by molar-refractivity contribution is -0.384. The summed E-state index contributed by atoms with van der Waals surface area (Å²) in [5.74, 6) is -0.865. The molecule has 160 valence electrons. The number of carbonyl (C=O) groups is 3. The van der Waals surface area contributed by atoms with E-state index in [1.807, 2.05) is 10.6 Å². The monoisotopic (exact) mass is 489 g/mol. The molecule has 1 heterocycles. The van der Waals surface area contributed by atoms with Gasteiger partial charge >= 0.3 is 6.03 Å². The Labute approximate surface area is 184 Å². The summed E-state index contributed by atoms with van der Waals surface area (Å²) in [4.78, 5) is 45.3. The van der Waals surface area contributed by atoms with Crippen LogP contribution in [0.2, 0.25) is 0 Å². The number of nitro groups is 1. The third-order valence-corrected chi connectivity index (χ3v) is 4.71. The molecule has 10 nitrogen and oxygen atoms in total. The van der Waals surface area contributed by atoms with Gasteiger partial charge in [-0.3, -0.25) is 30.3 Å². The summed E-state index contributed by atoms with van der Waals surface area (Å²) >= 11 is 3.40. The van der Waals surface area contributed by atoms with Gasteiger partial charge < -0.3 is 9.47 Å². The number of hydrogen-bond acceptors (Lipinski definition) is 7. The first-order valence-corrected chi connectivity index (χ1v) is 9.78. The smallest absolute Gasteiger partial charge is 0.328 e. The number of urea groups is 1. The van der Waals surface area contributed by atoms with Crippen LogP contribution in [-0.2, 0) is 16.2 Å². The molecule has 0 radical (unpaired) electrons. The Morgan fingerprint density at radius 2 is 1.71 bits per heavy atom. The van der Waals surface area contributed by atoms with Crippen molar-refractivity contribution in [2.45, 2.75) is 13.5 Å². The molecule has 0 spiro atoms. The Morgan fingerprint density at radius 3 is 2.29 bits per heavy atom. The zero-order valence-corrected chi connectivity index (χ0v) is 17.7. The van der Waals surface area contributed by atoms with Gasteiger partial charge in [0.1, 0.15) is 12.2 Å². The Morgan fingerprint density at radius 1 is 1.06 bits per heavy atom. The van der Waals surface area contributed by atoms with E-state index in [9.17, 15) is 24.5 Å². The minimum Gasteiger partial charge on any atom is -0.490 e. The van der Waals surface area contributed by atoms with E-state index in [-0.39, 0.29) is 17.9 Å². The summed E-state index contributed by atoms with van der Waals surface area (Å²) in [6.07, 6.45) is 1.32. The molecule has 0 aliphatic carbocycles. The predicted octanol–water partition coefficient (Wildman–Crippen LogP) is 3.08. The molecular formula is C20H16BrN3O7. The molecule has 1 saturated heterocycles. The summed E-state index contributed by atoms with van der Waals surface area (Å²) in [7, 11) is 0. The second-order valence-corrected chi connectivity index (χ2v) is 7.12. The van der Waals surface area contributed by atoms with Gasteiger partial charge in [0.2, 0.25) is 0 Å². The topological polar surface area (TPSA) is 137 Å². The molecule has 4 amide bonds. The maximum absolute atomic E-state index is 11.9. The third kappa shape index (κ3) is 5.25. The van der Waals surface area contributed by atoms with Crippen LogP contribution in [0.15, 0.2) is 46.4 Å². The number of halogens is 1. The van der Waals surface area contributed by atoms with E-state index in [1.165, 1.54) is 18.2 Å². The molecule has 2 aromatic carbocycles. The van der Waals surface area contributed by atoms with Crippen molar-refractivity contribution >= 4 is 45.5 Å². The molecule has 0 atom stereocenters. The van der Waals surface area contributed by atoms with Gasteiger partial charge in [0, 0.05) is 12.1 Å². The van der Waals surface area contributed by atoms with Crippen molar-refractivity contribution < 1.29 is 28.8 Å². The van der Waals surface area contributed by atoms with Crippen molar-refractivity contribution in [2.24, 2.45) is 0 Å². The SMILES string of the molecule is CCOc1cc(C=C2C(=O)NC(=O)NC2=O)cc(Br)c1OCc1ccc([N+](=O)[O-])cc1. The van der Waals surface area contributed by atoms with E-state index in [2.05, 4.69) is 15.9 Å². The van der Waals surface area contributed by atoms with E-state index >= 15 is 0 Å². The van der Waals surface area contributed by atoms with E-state index in [4.69, 9.17) is 9.47 Å². The van der Waals surface area contributed by atoms with Crippen molar-refractivity contribution in [1.82, 2.24) is 10.6 Å². The number of amides is 4. The van der Waals surface area contributed by atoms with Crippen LogP contribution in [-0.4, -0.2) is 29.4 Å². The normalized spacial score (nSPS) is 13.4. The lowest BCUT2D eigenvalue weighted by Gasteiger charge is -2.16. The van der Waals surface area contributed by atoms with E-state index in [1.54, 1.807) is 31.2 Å². The summed E-state index contributed by atoms with van der Waals surface area (Å²) in [6, 6.07) is 8.29. The maximum Gasteiger partial charge on any atom is 0.328 e. The van der Waals surface area contributed by atoms with Gasteiger partial charge in [0.05, 0.1) is 16.0 Å². The van der Waals surface area contributed by atoms with Crippen LogP contribution in [0.5, 0.6) is 11.5 Å². The van der Waals surface area contributed by atoms with E-state index in [0.29, 0.717) is 33.7 Å². The maximum atomic E-state index is 11.9. The Hall–Kier alpha value is -3.73. The van der Waals surface area contributed by atoms with Crippen molar-refractivity contribution in [1.29, 1.82) is 0 Å². The van der Waals surface area contributed by atoms with Gasteiger partial charge in [-0.25, -0.2) is 4.79 Å². The summed E-state index contributed by atoms with van der Waals surface area (Å²) in [6.45, 7) is 2.24. The average Bonchev–Trinajstić information content (AvgIpc) is 2.70. The van der Waals surface area contributed by atoms with Gasteiger partial charge in [-0.2, -0.15) is 0 Å². The fraction of sp³-hybridized carbons (Fsp3) is 0.150. The number of imide groups is 2. The number of carbonyl (C=O) groups excluding carboxylic acids is 3. The standard InChI is InChI=1S/C20H16BrN3O7/c1-2-30-16-9-12(7-14-18(25)22-20(27)23-19(14)26)8-15(21)17(16)31-10-11-3-5-13(6-4-11)24(28)29/h3-9H,2,10H2,1H3,(H2,22,23,25,26,27). The Balaban J connectivity index is 1.85. The third-order valence-electron chi connectivity index (χ3n) is 4.12. The minimum atomic E-state index is -0.877. The van der Waals surface area contributed by atoms with Gasteiger partial charge in [0.15, 0.2) is 11.5 Å². The first kappa shape index (κ1) is 22.0. The van der Waals surface area contributed by atoms with Crippen LogP contribution in [0.1, 0.15) is 18.1 Å². The van der Waals surface area contributed by atoms with Crippen molar-refractivity contribution in [2.75, 3.05) is 6.61 Å². The molecule has 2 aromatic rings. The molecule has 31 heavy (non-hydrogen) atoms. The molecule has 0 bridgehead atoms. The van der Waals surface area contributed by atoms with Crippen molar-refractivity contribution in [3.05, 3.63) is 67.7 Å². The second kappa shape index (κ2) is 9.39. The van der Waals surface area contributed by atoms with Gasteiger partial charge in [-0.05, 0) is 64.3 Å². The Kier molecular flexibility index (Phi) is 6.65. The average molecular weight is 490 g/mol. The summed E-state index contributed by atoms with van der Waals surface area (Å²) in [5.41, 5.74) is 0.933. The number of nitrogens with one attached hydrogen (secondary N) is 2. The van der Waals surface area contributed by atoms with Crippen LogP contribution in [0.4, 0.5) is 10.5 Å². The zero-order chi connectivity index (χ0) is 22.5. The van der Waals surface area contributed by atoms with E-state index in [0.717, 1.165) is 0 Å². The molecule has 0 aromatic heterocycles. The van der Waals surface area contributed by atoms with E-state index < -0.39 is 22.8 Å². The minimum absolute atomic E-state index is 0.0187. The number of nitro benzene ring substituents is 1. The summed E-state index contributed by atoms with van der Waals surface area (Å²) in [5, 5.41) is 14.8. The highest BCUT2D eigenvalue weighted by Crippen LogP contribution is 2.38. The highest BCUT2D eigenvalue weighted by Gasteiger charge is 2.28. The summed E-state index contributed by atoms with van der Waals surface area (Å²) < 4.78 is 12.0.